The third kappa shape index (κ3) is 2.83. The molecule has 0 bridgehead atoms. The number of pyridine rings is 1. The lowest BCUT2D eigenvalue weighted by molar-refractivity contribution is 0.414. The van der Waals surface area contributed by atoms with Crippen molar-refractivity contribution < 1.29 is 4.74 Å². The molecule has 0 radical (unpaired) electrons. The quantitative estimate of drug-likeness (QED) is 0.896. The summed E-state index contributed by atoms with van der Waals surface area (Å²) in [6.07, 6.45) is 5.60. The van der Waals surface area contributed by atoms with Crippen LogP contribution in [-0.4, -0.2) is 28.6 Å². The molecule has 2 aromatic rings. The Bertz CT molecular complexity index is 636. The van der Waals surface area contributed by atoms with Gasteiger partial charge in [0.05, 0.1) is 12.7 Å². The minimum Gasteiger partial charge on any atom is -0.491 e. The first-order valence-electron chi connectivity index (χ1n) is 6.28. The van der Waals surface area contributed by atoms with Crippen LogP contribution in [0.4, 0.5) is 5.82 Å². The lowest BCUT2D eigenvalue weighted by atomic mass is 10.1. The van der Waals surface area contributed by atoms with Crippen molar-refractivity contribution in [3.05, 3.63) is 30.4 Å². The highest BCUT2D eigenvalue weighted by atomic mass is 16.5. The molecule has 102 valence electrons. The van der Waals surface area contributed by atoms with Crippen molar-refractivity contribution in [2.24, 2.45) is 0 Å². The summed E-state index contributed by atoms with van der Waals surface area (Å²) in [7, 11) is 1.57. The van der Waals surface area contributed by atoms with Crippen molar-refractivity contribution in [1.29, 1.82) is 5.26 Å². The molecule has 2 heterocycles. The highest BCUT2D eigenvalue weighted by Gasteiger charge is 2.14. The Morgan fingerprint density at radius 2 is 2.20 bits per heavy atom. The molecule has 0 aliphatic carbocycles. The lowest BCUT2D eigenvalue weighted by Gasteiger charge is -2.12. The van der Waals surface area contributed by atoms with Crippen LogP contribution in [0.1, 0.15) is 18.9 Å². The molecule has 0 saturated heterocycles. The van der Waals surface area contributed by atoms with Crippen LogP contribution in [0.5, 0.6) is 5.75 Å². The average molecular weight is 269 g/mol. The first-order valence-corrected chi connectivity index (χ1v) is 6.28. The molecular formula is C14H15N5O. The maximum Gasteiger partial charge on any atom is 0.187 e. The van der Waals surface area contributed by atoms with Crippen molar-refractivity contribution in [3.8, 4) is 23.1 Å². The number of hydrogen-bond acceptors (Lipinski definition) is 6. The maximum atomic E-state index is 8.94. The lowest BCUT2D eigenvalue weighted by Crippen LogP contribution is -2.06. The largest absolute Gasteiger partial charge is 0.491 e. The summed E-state index contributed by atoms with van der Waals surface area (Å²) in [6, 6.07) is 3.78. The van der Waals surface area contributed by atoms with E-state index in [0.29, 0.717) is 22.8 Å². The van der Waals surface area contributed by atoms with Crippen molar-refractivity contribution >= 4 is 5.82 Å². The number of nitrogens with zero attached hydrogens (tertiary/aromatic N) is 4. The van der Waals surface area contributed by atoms with Crippen LogP contribution in [-0.2, 0) is 0 Å². The zero-order valence-electron chi connectivity index (χ0n) is 11.4. The molecule has 0 unspecified atom stereocenters. The van der Waals surface area contributed by atoms with Gasteiger partial charge in [0.25, 0.3) is 0 Å². The van der Waals surface area contributed by atoms with Crippen LogP contribution >= 0.6 is 0 Å². The van der Waals surface area contributed by atoms with Crippen LogP contribution < -0.4 is 10.1 Å². The van der Waals surface area contributed by atoms with E-state index in [4.69, 9.17) is 10.00 Å². The molecule has 1 N–H and O–H groups in total. The van der Waals surface area contributed by atoms with E-state index in [2.05, 4.69) is 33.3 Å². The number of anilines is 1. The van der Waals surface area contributed by atoms with Crippen LogP contribution in [0.15, 0.2) is 24.8 Å². The first-order chi connectivity index (χ1) is 9.80. The molecule has 0 aromatic carbocycles. The second kappa shape index (κ2) is 6.48. The summed E-state index contributed by atoms with van der Waals surface area (Å²) in [5.74, 6) is 1.19. The maximum absolute atomic E-state index is 8.94. The molecule has 0 aliphatic rings. The summed E-state index contributed by atoms with van der Waals surface area (Å²) in [6.45, 7) is 2.87. The highest BCUT2D eigenvalue weighted by molar-refractivity contribution is 5.72. The Morgan fingerprint density at radius 3 is 2.90 bits per heavy atom. The van der Waals surface area contributed by atoms with Gasteiger partial charge in [0.1, 0.15) is 18.1 Å². The smallest absolute Gasteiger partial charge is 0.187 e. The average Bonchev–Trinajstić information content (AvgIpc) is 2.52. The van der Waals surface area contributed by atoms with Crippen molar-refractivity contribution in [3.63, 3.8) is 0 Å². The molecule has 2 aromatic heterocycles. The minimum atomic E-state index is 0.478. The predicted molar refractivity (Wildman–Crippen MR) is 75.3 cm³/mol. The number of hydrogen-bond donors (Lipinski definition) is 1. The molecule has 0 amide bonds. The minimum absolute atomic E-state index is 0.478. The van der Waals surface area contributed by atoms with Gasteiger partial charge in [-0.05, 0) is 12.5 Å². The van der Waals surface area contributed by atoms with Crippen molar-refractivity contribution in [2.45, 2.75) is 13.3 Å². The van der Waals surface area contributed by atoms with Crippen LogP contribution in [0.3, 0.4) is 0 Å². The van der Waals surface area contributed by atoms with Crippen LogP contribution in [0, 0.1) is 11.3 Å². The summed E-state index contributed by atoms with van der Waals surface area (Å²) in [4.78, 5) is 12.5. The molecule has 2 rings (SSSR count). The molecule has 20 heavy (non-hydrogen) atoms. The standard InChI is InChI=1S/C14H15N5O/c1-3-4-17-14-13(20-2)12(18-9-19-14)11-5-10(6-15)7-16-8-11/h5,7-9H,3-4H2,1-2H3,(H,17,18,19). The van der Waals surface area contributed by atoms with Crippen molar-refractivity contribution in [1.82, 2.24) is 15.0 Å². The molecule has 0 saturated carbocycles. The summed E-state index contributed by atoms with van der Waals surface area (Å²) >= 11 is 0. The zero-order valence-corrected chi connectivity index (χ0v) is 11.4. The Hall–Kier alpha value is -2.68. The Kier molecular flexibility index (Phi) is 4.45. The predicted octanol–water partition coefficient (Wildman–Crippen LogP) is 2.24. The van der Waals surface area contributed by atoms with Gasteiger partial charge in [-0.25, -0.2) is 9.97 Å². The fraction of sp³-hybridized carbons (Fsp3) is 0.286. The second-order valence-electron chi connectivity index (χ2n) is 4.11. The topological polar surface area (TPSA) is 83.7 Å². The van der Waals surface area contributed by atoms with Crippen molar-refractivity contribution in [2.75, 3.05) is 19.0 Å². The molecule has 0 atom stereocenters. The Labute approximate surface area is 117 Å². The van der Waals surface area contributed by atoms with Gasteiger partial charge in [0, 0.05) is 24.5 Å². The molecule has 0 spiro atoms. The Morgan fingerprint density at radius 1 is 1.35 bits per heavy atom. The van der Waals surface area contributed by atoms with E-state index >= 15 is 0 Å². The third-order valence-corrected chi connectivity index (χ3v) is 2.69. The number of aromatic nitrogens is 3. The second-order valence-corrected chi connectivity index (χ2v) is 4.11. The number of rotatable bonds is 5. The zero-order chi connectivity index (χ0) is 14.4. The molecule has 0 aliphatic heterocycles. The number of methoxy groups -OCH3 is 1. The number of nitriles is 1. The normalized spacial score (nSPS) is 9.85. The van der Waals surface area contributed by atoms with Gasteiger partial charge in [-0.15, -0.1) is 0 Å². The SMILES string of the molecule is CCCNc1ncnc(-c2cncc(C#N)c2)c1OC. The van der Waals surface area contributed by atoms with Crippen LogP contribution in [0.2, 0.25) is 0 Å². The summed E-state index contributed by atoms with van der Waals surface area (Å²) in [5.41, 5.74) is 1.82. The van der Waals surface area contributed by atoms with E-state index in [1.807, 2.05) is 0 Å². The Balaban J connectivity index is 2.47. The fourth-order valence-electron chi connectivity index (χ4n) is 1.77. The molecule has 0 fully saturated rings. The van der Waals surface area contributed by atoms with E-state index in [0.717, 1.165) is 18.5 Å². The van der Waals surface area contributed by atoms with Gasteiger partial charge in [0.2, 0.25) is 0 Å². The van der Waals surface area contributed by atoms with Gasteiger partial charge in [-0.1, -0.05) is 6.92 Å². The third-order valence-electron chi connectivity index (χ3n) is 2.69. The first kappa shape index (κ1) is 13.7. The molecule has 6 nitrogen and oxygen atoms in total. The van der Waals surface area contributed by atoms with E-state index in [1.54, 1.807) is 19.4 Å². The fourth-order valence-corrected chi connectivity index (χ4v) is 1.77. The number of nitrogens with one attached hydrogen (secondary N) is 1. The van der Waals surface area contributed by atoms with Gasteiger partial charge in [-0.2, -0.15) is 5.26 Å². The van der Waals surface area contributed by atoms with Gasteiger partial charge < -0.3 is 10.1 Å². The van der Waals surface area contributed by atoms with Gasteiger partial charge in [0.15, 0.2) is 11.6 Å². The van der Waals surface area contributed by atoms with E-state index < -0.39 is 0 Å². The van der Waals surface area contributed by atoms with E-state index in [9.17, 15) is 0 Å². The molecule has 6 heteroatoms. The summed E-state index contributed by atoms with van der Waals surface area (Å²) in [5, 5.41) is 12.1. The van der Waals surface area contributed by atoms with Gasteiger partial charge >= 0.3 is 0 Å². The van der Waals surface area contributed by atoms with Gasteiger partial charge in [-0.3, -0.25) is 4.98 Å². The van der Waals surface area contributed by atoms with E-state index in [1.165, 1.54) is 12.5 Å². The van der Waals surface area contributed by atoms with E-state index in [-0.39, 0.29) is 0 Å². The highest BCUT2D eigenvalue weighted by Crippen LogP contribution is 2.32. The summed E-state index contributed by atoms with van der Waals surface area (Å²) < 4.78 is 5.40. The molecular weight excluding hydrogens is 254 g/mol. The number of ether oxygens (including phenoxy) is 1. The monoisotopic (exact) mass is 269 g/mol. The van der Waals surface area contributed by atoms with Crippen LogP contribution in [0.25, 0.3) is 11.3 Å².